The van der Waals surface area contributed by atoms with Crippen molar-refractivity contribution in [2.24, 2.45) is 5.41 Å². The highest BCUT2D eigenvalue weighted by Crippen LogP contribution is 2.61. The lowest BCUT2D eigenvalue weighted by Crippen LogP contribution is -2.59. The van der Waals surface area contributed by atoms with Crippen molar-refractivity contribution in [2.75, 3.05) is 0 Å². The van der Waals surface area contributed by atoms with E-state index in [0.29, 0.717) is 6.42 Å². The SMILES string of the molecule is C=C1CCC[C@]2(C)C[C@@H]3O[C@@]12[C@H](O)C[C@H]3O. The van der Waals surface area contributed by atoms with Crippen LogP contribution in [0, 0.1) is 5.41 Å². The topological polar surface area (TPSA) is 49.7 Å². The maximum atomic E-state index is 10.3. The number of aliphatic hydroxyl groups is 2. The zero-order valence-electron chi connectivity index (χ0n) is 9.78. The van der Waals surface area contributed by atoms with E-state index >= 15 is 0 Å². The lowest BCUT2D eigenvalue weighted by molar-refractivity contribution is -0.198. The molecule has 0 aromatic heterocycles. The fourth-order valence-corrected chi connectivity index (χ4v) is 4.17. The Hall–Kier alpha value is -0.380. The van der Waals surface area contributed by atoms with E-state index in [4.69, 9.17) is 4.74 Å². The molecule has 3 rings (SSSR count). The molecule has 0 aromatic carbocycles. The van der Waals surface area contributed by atoms with Crippen LogP contribution in [0.3, 0.4) is 0 Å². The van der Waals surface area contributed by atoms with Crippen molar-refractivity contribution in [1.29, 1.82) is 0 Å². The van der Waals surface area contributed by atoms with Crippen LogP contribution >= 0.6 is 0 Å². The summed E-state index contributed by atoms with van der Waals surface area (Å²) >= 11 is 0. The molecule has 0 aromatic rings. The van der Waals surface area contributed by atoms with Crippen molar-refractivity contribution in [2.45, 2.75) is 62.9 Å². The molecule has 1 aliphatic carbocycles. The average Bonchev–Trinajstić information content (AvgIpc) is 2.49. The Labute approximate surface area is 96.1 Å². The highest BCUT2D eigenvalue weighted by Gasteiger charge is 2.66. The summed E-state index contributed by atoms with van der Waals surface area (Å²) in [5.41, 5.74) is 0.419. The van der Waals surface area contributed by atoms with Gasteiger partial charge in [-0.2, -0.15) is 0 Å². The van der Waals surface area contributed by atoms with Gasteiger partial charge in [0, 0.05) is 11.8 Å². The van der Waals surface area contributed by atoms with Gasteiger partial charge in [-0.05, 0) is 31.3 Å². The zero-order valence-corrected chi connectivity index (χ0v) is 9.78. The van der Waals surface area contributed by atoms with E-state index in [1.54, 1.807) is 0 Å². The molecule has 5 atom stereocenters. The second kappa shape index (κ2) is 3.09. The number of fused-ring (bicyclic) bond motifs is 1. The maximum Gasteiger partial charge on any atom is 0.121 e. The fourth-order valence-electron chi connectivity index (χ4n) is 4.17. The van der Waals surface area contributed by atoms with Gasteiger partial charge >= 0.3 is 0 Å². The summed E-state index contributed by atoms with van der Waals surface area (Å²) in [5.74, 6) is 0. The van der Waals surface area contributed by atoms with Crippen molar-refractivity contribution in [3.8, 4) is 0 Å². The highest BCUT2D eigenvalue weighted by molar-refractivity contribution is 5.30. The molecule has 1 saturated carbocycles. The van der Waals surface area contributed by atoms with E-state index < -0.39 is 17.8 Å². The first-order valence-electron chi connectivity index (χ1n) is 6.22. The van der Waals surface area contributed by atoms with E-state index in [2.05, 4.69) is 13.5 Å². The molecule has 0 radical (unpaired) electrons. The Morgan fingerprint density at radius 3 is 2.94 bits per heavy atom. The lowest BCUT2D eigenvalue weighted by Gasteiger charge is -2.51. The highest BCUT2D eigenvalue weighted by atomic mass is 16.5. The van der Waals surface area contributed by atoms with Crippen LogP contribution in [-0.2, 0) is 4.74 Å². The van der Waals surface area contributed by atoms with E-state index in [1.807, 2.05) is 0 Å². The molecule has 2 heterocycles. The molecular weight excluding hydrogens is 204 g/mol. The quantitative estimate of drug-likeness (QED) is 0.611. The molecular formula is C13H20O3. The molecule has 2 N–H and O–H groups in total. The predicted molar refractivity (Wildman–Crippen MR) is 59.9 cm³/mol. The second-order valence-corrected chi connectivity index (χ2v) is 5.93. The Kier molecular flexibility index (Phi) is 2.08. The van der Waals surface area contributed by atoms with Crippen molar-refractivity contribution < 1.29 is 14.9 Å². The zero-order chi connectivity index (χ0) is 11.6. The van der Waals surface area contributed by atoms with Crippen molar-refractivity contribution in [1.82, 2.24) is 0 Å². The van der Waals surface area contributed by atoms with Crippen molar-refractivity contribution >= 4 is 0 Å². The van der Waals surface area contributed by atoms with E-state index in [1.165, 1.54) is 0 Å². The van der Waals surface area contributed by atoms with Crippen LogP contribution in [0.1, 0.15) is 39.0 Å². The minimum atomic E-state index is -0.598. The van der Waals surface area contributed by atoms with Crippen LogP contribution in [0.25, 0.3) is 0 Å². The van der Waals surface area contributed by atoms with E-state index in [9.17, 15) is 10.2 Å². The van der Waals surface area contributed by atoms with Gasteiger partial charge in [0.15, 0.2) is 0 Å². The van der Waals surface area contributed by atoms with Gasteiger partial charge in [-0.25, -0.2) is 0 Å². The van der Waals surface area contributed by atoms with Gasteiger partial charge in [-0.15, -0.1) is 0 Å². The summed E-state index contributed by atoms with van der Waals surface area (Å²) in [6.07, 6.45) is 3.18. The Morgan fingerprint density at radius 2 is 2.19 bits per heavy atom. The third-order valence-corrected chi connectivity index (χ3v) is 4.98. The van der Waals surface area contributed by atoms with Crippen molar-refractivity contribution in [3.63, 3.8) is 0 Å². The third kappa shape index (κ3) is 1.04. The van der Waals surface area contributed by atoms with E-state index in [0.717, 1.165) is 31.3 Å². The standard InChI is InChI=1S/C13H20O3/c1-8-4-3-5-12(2)7-10-9(14)6-11(15)13(8,12)16-10/h9-11,14-15H,1,3-7H2,2H3/t9-,10+,11-,12-,13-/m1/s1. The molecule has 3 fully saturated rings. The molecule has 0 amide bonds. The monoisotopic (exact) mass is 224 g/mol. The van der Waals surface area contributed by atoms with Gasteiger partial charge in [-0.1, -0.05) is 13.5 Å². The fraction of sp³-hybridized carbons (Fsp3) is 0.846. The van der Waals surface area contributed by atoms with Crippen LogP contribution in [0.4, 0.5) is 0 Å². The lowest BCUT2D eigenvalue weighted by atomic mass is 9.60. The normalized spacial score (nSPS) is 56.2. The first kappa shape index (κ1) is 10.8. The minimum Gasteiger partial charge on any atom is -0.390 e. The van der Waals surface area contributed by atoms with Gasteiger partial charge in [0.05, 0.1) is 18.3 Å². The summed E-state index contributed by atoms with van der Waals surface area (Å²) in [5, 5.41) is 20.2. The predicted octanol–water partition coefficient (Wildman–Crippen LogP) is 1.39. The molecule has 2 aliphatic heterocycles. The van der Waals surface area contributed by atoms with Crippen molar-refractivity contribution in [3.05, 3.63) is 12.2 Å². The summed E-state index contributed by atoms with van der Waals surface area (Å²) in [4.78, 5) is 0. The Morgan fingerprint density at radius 1 is 1.44 bits per heavy atom. The van der Waals surface area contributed by atoms with E-state index in [-0.39, 0.29) is 11.5 Å². The first-order valence-corrected chi connectivity index (χ1v) is 6.22. The minimum absolute atomic E-state index is 0.0378. The summed E-state index contributed by atoms with van der Waals surface area (Å²) < 4.78 is 6.03. The molecule has 0 unspecified atom stereocenters. The number of hydrogen-bond acceptors (Lipinski definition) is 3. The van der Waals surface area contributed by atoms with Crippen LogP contribution in [-0.4, -0.2) is 34.1 Å². The van der Waals surface area contributed by atoms with Crippen LogP contribution in [0.15, 0.2) is 12.2 Å². The van der Waals surface area contributed by atoms with Gasteiger partial charge in [-0.3, -0.25) is 0 Å². The number of ether oxygens (including phenoxy) is 1. The number of rotatable bonds is 0. The molecule has 90 valence electrons. The van der Waals surface area contributed by atoms with Gasteiger partial charge in [0.25, 0.3) is 0 Å². The third-order valence-electron chi connectivity index (χ3n) is 4.98. The summed E-state index contributed by atoms with van der Waals surface area (Å²) in [6.45, 7) is 6.30. The second-order valence-electron chi connectivity index (χ2n) is 5.93. The van der Waals surface area contributed by atoms with Crippen LogP contribution in [0.2, 0.25) is 0 Å². The number of hydrogen-bond donors (Lipinski definition) is 2. The van der Waals surface area contributed by atoms with Gasteiger partial charge < -0.3 is 14.9 Å². The smallest absolute Gasteiger partial charge is 0.121 e. The average molecular weight is 224 g/mol. The molecule has 2 bridgehead atoms. The molecule has 1 spiro atoms. The van der Waals surface area contributed by atoms with Crippen LogP contribution in [0.5, 0.6) is 0 Å². The molecule has 3 aliphatic rings. The summed E-state index contributed by atoms with van der Waals surface area (Å²) in [6, 6.07) is 0. The largest absolute Gasteiger partial charge is 0.390 e. The first-order chi connectivity index (χ1) is 7.49. The molecule has 3 heteroatoms. The van der Waals surface area contributed by atoms with Gasteiger partial charge in [0.1, 0.15) is 5.60 Å². The maximum absolute atomic E-state index is 10.3. The Bertz CT molecular complexity index is 340. The van der Waals surface area contributed by atoms with Gasteiger partial charge in [0.2, 0.25) is 0 Å². The Balaban J connectivity index is 2.09. The molecule has 3 nitrogen and oxygen atoms in total. The van der Waals surface area contributed by atoms with Crippen LogP contribution < -0.4 is 0 Å². The molecule has 16 heavy (non-hydrogen) atoms. The number of aliphatic hydroxyl groups excluding tert-OH is 2. The molecule has 2 saturated heterocycles. The summed E-state index contributed by atoms with van der Waals surface area (Å²) in [7, 11) is 0.